The van der Waals surface area contributed by atoms with Gasteiger partial charge in [0.2, 0.25) is 0 Å². The zero-order valence-electron chi connectivity index (χ0n) is 18.3. The molecule has 0 aliphatic carbocycles. The average molecular weight is 495 g/mol. The maximum Gasteiger partial charge on any atom is 0.280 e. The van der Waals surface area contributed by atoms with Crippen molar-refractivity contribution in [2.75, 3.05) is 33.5 Å². The molecule has 0 N–H and O–H groups in total. The highest BCUT2D eigenvalue weighted by Crippen LogP contribution is 2.37. The van der Waals surface area contributed by atoms with Crippen LogP contribution in [0.15, 0.2) is 35.1 Å². The van der Waals surface area contributed by atoms with Gasteiger partial charge in [-0.2, -0.15) is 0 Å². The lowest BCUT2D eigenvalue weighted by atomic mass is 10.1. The summed E-state index contributed by atoms with van der Waals surface area (Å²) >= 11 is 2.82. The molecule has 0 aliphatic rings. The molecular weight excluding hydrogens is 472 g/mol. The molecule has 2 aromatic rings. The largest absolute Gasteiger partial charge is 0.493 e. The first-order valence-corrected chi connectivity index (χ1v) is 11.3. The highest BCUT2D eigenvalue weighted by molar-refractivity contribution is 8.18. The van der Waals surface area contributed by atoms with Gasteiger partial charge in [0.05, 0.1) is 61.5 Å². The Labute approximate surface area is 198 Å². The van der Waals surface area contributed by atoms with Gasteiger partial charge in [-0.15, -0.1) is 23.5 Å². The van der Waals surface area contributed by atoms with Crippen LogP contribution in [-0.2, 0) is 0 Å². The van der Waals surface area contributed by atoms with E-state index in [1.54, 1.807) is 23.0 Å². The van der Waals surface area contributed by atoms with Crippen molar-refractivity contribution in [2.24, 2.45) is 0 Å². The van der Waals surface area contributed by atoms with Crippen molar-refractivity contribution in [1.29, 1.82) is 0 Å². The van der Waals surface area contributed by atoms with Crippen LogP contribution in [-0.4, -0.2) is 43.4 Å². The van der Waals surface area contributed by atoms with Gasteiger partial charge in [0.15, 0.2) is 23.0 Å². The van der Waals surface area contributed by atoms with E-state index >= 15 is 0 Å². The van der Waals surface area contributed by atoms with E-state index in [0.717, 1.165) is 0 Å². The lowest BCUT2D eigenvalue weighted by molar-refractivity contribution is -0.385. The fraction of sp³-hybridized carbons (Fsp3) is 0.238. The van der Waals surface area contributed by atoms with Crippen molar-refractivity contribution in [3.05, 3.63) is 66.4 Å². The highest BCUT2D eigenvalue weighted by Gasteiger charge is 2.18. The second-order valence-electron chi connectivity index (χ2n) is 6.10. The molecule has 0 aromatic heterocycles. The van der Waals surface area contributed by atoms with E-state index in [-0.39, 0.29) is 22.9 Å². The summed E-state index contributed by atoms with van der Waals surface area (Å²) in [6.45, 7) is 0. The Kier molecular flexibility index (Phi) is 9.88. The molecule has 0 radical (unpaired) electrons. The second kappa shape index (κ2) is 12.6. The molecule has 33 heavy (non-hydrogen) atoms. The van der Waals surface area contributed by atoms with Crippen molar-refractivity contribution in [1.82, 2.24) is 0 Å². The molecule has 0 saturated heterocycles. The number of nitro benzene ring substituents is 2. The third-order valence-electron chi connectivity index (χ3n) is 4.28. The van der Waals surface area contributed by atoms with Crippen molar-refractivity contribution >= 4 is 47.1 Å². The Morgan fingerprint density at radius 3 is 1.33 bits per heavy atom. The first-order chi connectivity index (χ1) is 15.9. The number of thioether (sulfide) groups is 2. The van der Waals surface area contributed by atoms with E-state index in [1.807, 2.05) is 0 Å². The van der Waals surface area contributed by atoms with Gasteiger partial charge in [0.25, 0.3) is 11.4 Å². The highest BCUT2D eigenvalue weighted by atomic mass is 32.2. The predicted octanol–water partition coefficient (Wildman–Crippen LogP) is 5.60. The molecule has 0 unspecified atom stereocenters. The van der Waals surface area contributed by atoms with Gasteiger partial charge < -0.3 is 18.9 Å². The molecule has 0 atom stereocenters. The van der Waals surface area contributed by atoms with Crippen LogP contribution in [0.1, 0.15) is 11.1 Å². The van der Waals surface area contributed by atoms with Gasteiger partial charge in [-0.05, 0) is 35.1 Å². The van der Waals surface area contributed by atoms with Crippen LogP contribution in [0.4, 0.5) is 11.4 Å². The van der Waals surface area contributed by atoms with Crippen LogP contribution < -0.4 is 18.9 Å². The molecule has 0 fully saturated rings. The smallest absolute Gasteiger partial charge is 0.280 e. The van der Waals surface area contributed by atoms with Crippen molar-refractivity contribution < 1.29 is 28.8 Å². The Balaban J connectivity index is 2.05. The molecule has 0 aliphatic heterocycles. The molecule has 176 valence electrons. The van der Waals surface area contributed by atoms with E-state index in [4.69, 9.17) is 18.9 Å². The maximum absolute atomic E-state index is 11.4. The van der Waals surface area contributed by atoms with Gasteiger partial charge >= 0.3 is 0 Å². The monoisotopic (exact) mass is 494 g/mol. The number of benzene rings is 2. The third-order valence-corrected chi connectivity index (χ3v) is 6.03. The number of hydrogen-bond acceptors (Lipinski definition) is 10. The van der Waals surface area contributed by atoms with Gasteiger partial charge in [-0.3, -0.25) is 20.2 Å². The fourth-order valence-corrected chi connectivity index (χ4v) is 4.14. The third kappa shape index (κ3) is 6.80. The van der Waals surface area contributed by atoms with Gasteiger partial charge in [0, 0.05) is 5.08 Å². The van der Waals surface area contributed by atoms with Gasteiger partial charge in [-0.25, -0.2) is 0 Å². The number of nitrogens with zero attached hydrogens (tertiary/aromatic N) is 2. The lowest BCUT2D eigenvalue weighted by Crippen LogP contribution is -1.96. The Morgan fingerprint density at radius 2 is 1.03 bits per heavy atom. The summed E-state index contributed by atoms with van der Waals surface area (Å²) in [7, 11) is 5.73. The van der Waals surface area contributed by atoms with Crippen LogP contribution in [0.25, 0.3) is 12.2 Å². The van der Waals surface area contributed by atoms with Crippen LogP contribution >= 0.6 is 23.5 Å². The minimum atomic E-state index is -0.486. The van der Waals surface area contributed by atoms with Crippen molar-refractivity contribution in [3.63, 3.8) is 0 Å². The summed E-state index contributed by atoms with van der Waals surface area (Å²) in [5.74, 6) is 1.33. The van der Waals surface area contributed by atoms with E-state index in [2.05, 4.69) is 0 Å². The zero-order chi connectivity index (χ0) is 24.4. The average Bonchev–Trinajstić information content (AvgIpc) is 2.81. The molecule has 10 nitrogen and oxygen atoms in total. The summed E-state index contributed by atoms with van der Waals surface area (Å²) in [5, 5.41) is 26.7. The van der Waals surface area contributed by atoms with E-state index in [9.17, 15) is 20.2 Å². The van der Waals surface area contributed by atoms with E-state index < -0.39 is 9.85 Å². The topological polar surface area (TPSA) is 123 Å². The molecule has 2 rings (SSSR count). The standard InChI is InChI=1S/C21H22N2O8S2/c1-28-18-9-14(16(22(24)25)11-20(18)30-3)5-7-32-13-33-8-6-15-10-19(29-2)21(31-4)12-17(15)23(26)27/h5-12H,13H2,1-4H3/b7-5+,8-6+. The summed E-state index contributed by atoms with van der Waals surface area (Å²) < 4.78 is 20.6. The van der Waals surface area contributed by atoms with E-state index in [0.29, 0.717) is 27.7 Å². The Morgan fingerprint density at radius 1 is 0.697 bits per heavy atom. The summed E-state index contributed by atoms with van der Waals surface area (Å²) in [5.41, 5.74) is 0.564. The Hall–Kier alpha value is -3.38. The zero-order valence-corrected chi connectivity index (χ0v) is 19.9. The second-order valence-corrected chi connectivity index (χ2v) is 8.26. The maximum atomic E-state index is 11.4. The van der Waals surface area contributed by atoms with Gasteiger partial charge in [0.1, 0.15) is 0 Å². The quantitative estimate of drug-likeness (QED) is 0.159. The van der Waals surface area contributed by atoms with Crippen LogP contribution in [0.5, 0.6) is 23.0 Å². The molecule has 2 aromatic carbocycles. The first kappa shape index (κ1) is 25.9. The van der Waals surface area contributed by atoms with Crippen molar-refractivity contribution in [3.8, 4) is 23.0 Å². The number of methoxy groups -OCH3 is 4. The summed E-state index contributed by atoms with van der Waals surface area (Å²) in [4.78, 5) is 21.7. The molecule has 0 saturated carbocycles. The molecule has 0 heterocycles. The summed E-state index contributed by atoms with van der Waals surface area (Å²) in [6.07, 6.45) is 3.24. The number of nitro groups is 2. The normalized spacial score (nSPS) is 11.0. The number of ether oxygens (including phenoxy) is 4. The molecule has 0 bridgehead atoms. The lowest BCUT2D eigenvalue weighted by Gasteiger charge is -2.08. The molecule has 12 heteroatoms. The molecule has 0 amide bonds. The first-order valence-electron chi connectivity index (χ1n) is 9.23. The van der Waals surface area contributed by atoms with E-state index in [1.165, 1.54) is 76.2 Å². The Bertz CT molecular complexity index is 989. The molecular formula is C21H22N2O8S2. The van der Waals surface area contributed by atoms with Crippen LogP contribution in [0.3, 0.4) is 0 Å². The summed E-state index contributed by atoms with van der Waals surface area (Å²) in [6, 6.07) is 5.71. The molecule has 0 spiro atoms. The van der Waals surface area contributed by atoms with Crippen LogP contribution in [0, 0.1) is 20.2 Å². The number of rotatable bonds is 12. The predicted molar refractivity (Wildman–Crippen MR) is 131 cm³/mol. The number of hydrogen-bond donors (Lipinski definition) is 0. The SMILES string of the molecule is COc1cc(/C=C/SCS/C=C/c2cc(OC)c(OC)cc2[N+](=O)[O-])c([N+](=O)[O-])cc1OC. The van der Waals surface area contributed by atoms with Crippen molar-refractivity contribution in [2.45, 2.75) is 0 Å². The van der Waals surface area contributed by atoms with Gasteiger partial charge in [-0.1, -0.05) is 0 Å². The minimum Gasteiger partial charge on any atom is -0.493 e. The van der Waals surface area contributed by atoms with Crippen LogP contribution in [0.2, 0.25) is 0 Å². The minimum absolute atomic E-state index is 0.0992. The fourth-order valence-electron chi connectivity index (χ4n) is 2.71.